The van der Waals surface area contributed by atoms with E-state index in [0.29, 0.717) is 0 Å². The van der Waals surface area contributed by atoms with Gasteiger partial charge in [0.25, 0.3) is 0 Å². The number of aromatic nitrogens is 2. The zero-order chi connectivity index (χ0) is 10.7. The SMILES string of the molecule is Fc1cccc(CCc2[nH]cnc2Br)c1. The fourth-order valence-corrected chi connectivity index (χ4v) is 1.86. The molecule has 4 heteroatoms. The van der Waals surface area contributed by atoms with Crippen LogP contribution in [-0.4, -0.2) is 9.97 Å². The molecule has 0 atom stereocenters. The van der Waals surface area contributed by atoms with Crippen LogP contribution >= 0.6 is 15.9 Å². The fraction of sp³-hybridized carbons (Fsp3) is 0.182. The predicted octanol–water partition coefficient (Wildman–Crippen LogP) is 3.10. The lowest BCUT2D eigenvalue weighted by Gasteiger charge is -2.00. The molecule has 0 aliphatic carbocycles. The maximum absolute atomic E-state index is 12.9. The zero-order valence-corrected chi connectivity index (χ0v) is 9.59. The van der Waals surface area contributed by atoms with Gasteiger partial charge in [-0.25, -0.2) is 9.37 Å². The van der Waals surface area contributed by atoms with Crippen LogP contribution in [-0.2, 0) is 12.8 Å². The number of H-pyrrole nitrogens is 1. The second-order valence-corrected chi connectivity index (χ2v) is 4.05. The van der Waals surface area contributed by atoms with Crippen LogP contribution in [0.15, 0.2) is 35.2 Å². The summed E-state index contributed by atoms with van der Waals surface area (Å²) in [6.45, 7) is 0. The molecule has 0 fully saturated rings. The number of hydrogen-bond donors (Lipinski definition) is 1. The monoisotopic (exact) mass is 268 g/mol. The number of rotatable bonds is 3. The van der Waals surface area contributed by atoms with Crippen molar-refractivity contribution < 1.29 is 4.39 Å². The number of nitrogens with zero attached hydrogens (tertiary/aromatic N) is 1. The molecular weight excluding hydrogens is 259 g/mol. The number of aryl methyl sites for hydroxylation is 2. The molecule has 0 bridgehead atoms. The minimum atomic E-state index is -0.184. The van der Waals surface area contributed by atoms with Gasteiger partial charge in [-0.05, 0) is 46.5 Å². The van der Waals surface area contributed by atoms with Gasteiger partial charge < -0.3 is 4.98 Å². The van der Waals surface area contributed by atoms with Crippen molar-refractivity contribution in [3.8, 4) is 0 Å². The number of aromatic amines is 1. The highest BCUT2D eigenvalue weighted by atomic mass is 79.9. The first-order valence-electron chi connectivity index (χ1n) is 4.68. The Bertz CT molecular complexity index is 453. The van der Waals surface area contributed by atoms with E-state index in [9.17, 15) is 4.39 Å². The van der Waals surface area contributed by atoms with E-state index < -0.39 is 0 Å². The number of hydrogen-bond acceptors (Lipinski definition) is 1. The first-order valence-corrected chi connectivity index (χ1v) is 5.47. The molecule has 0 amide bonds. The van der Waals surface area contributed by atoms with Gasteiger partial charge in [0.05, 0.1) is 6.33 Å². The van der Waals surface area contributed by atoms with Crippen LogP contribution in [0.25, 0.3) is 0 Å². The summed E-state index contributed by atoms with van der Waals surface area (Å²) >= 11 is 3.34. The molecule has 1 aromatic carbocycles. The molecule has 0 aliphatic heterocycles. The summed E-state index contributed by atoms with van der Waals surface area (Å²) in [4.78, 5) is 7.07. The van der Waals surface area contributed by atoms with Crippen molar-refractivity contribution in [1.29, 1.82) is 0 Å². The van der Waals surface area contributed by atoms with Crippen LogP contribution in [0.1, 0.15) is 11.3 Å². The summed E-state index contributed by atoms with van der Waals surface area (Å²) in [5.74, 6) is -0.184. The van der Waals surface area contributed by atoms with Crippen molar-refractivity contribution in [2.24, 2.45) is 0 Å². The van der Waals surface area contributed by atoms with E-state index in [1.54, 1.807) is 18.5 Å². The highest BCUT2D eigenvalue weighted by molar-refractivity contribution is 9.10. The van der Waals surface area contributed by atoms with Gasteiger partial charge in [-0.1, -0.05) is 12.1 Å². The van der Waals surface area contributed by atoms with Crippen LogP contribution in [0.3, 0.4) is 0 Å². The minimum absolute atomic E-state index is 0.184. The molecular formula is C11H10BrFN2. The summed E-state index contributed by atoms with van der Waals surface area (Å²) in [7, 11) is 0. The molecule has 0 spiro atoms. The van der Waals surface area contributed by atoms with E-state index >= 15 is 0 Å². The predicted molar refractivity (Wildman–Crippen MR) is 60.1 cm³/mol. The molecule has 2 rings (SSSR count). The first-order chi connectivity index (χ1) is 7.25. The second kappa shape index (κ2) is 4.57. The quantitative estimate of drug-likeness (QED) is 0.911. The summed E-state index contributed by atoms with van der Waals surface area (Å²) in [6, 6.07) is 6.67. The average molecular weight is 269 g/mol. The number of imidazole rings is 1. The first kappa shape index (κ1) is 10.4. The summed E-state index contributed by atoms with van der Waals surface area (Å²) in [5, 5.41) is 0. The number of benzene rings is 1. The van der Waals surface area contributed by atoms with Gasteiger partial charge in [-0.15, -0.1) is 0 Å². The smallest absolute Gasteiger partial charge is 0.127 e. The van der Waals surface area contributed by atoms with E-state index in [2.05, 4.69) is 25.9 Å². The van der Waals surface area contributed by atoms with Crippen molar-refractivity contribution in [3.05, 3.63) is 52.3 Å². The molecule has 0 saturated carbocycles. The lowest BCUT2D eigenvalue weighted by Crippen LogP contribution is -1.93. The van der Waals surface area contributed by atoms with Gasteiger partial charge in [0, 0.05) is 5.69 Å². The fourth-order valence-electron chi connectivity index (χ4n) is 1.44. The maximum atomic E-state index is 12.9. The molecule has 0 unspecified atom stereocenters. The zero-order valence-electron chi connectivity index (χ0n) is 8.00. The molecule has 1 N–H and O–H groups in total. The summed E-state index contributed by atoms with van der Waals surface area (Å²) in [5.41, 5.74) is 2.04. The standard InChI is InChI=1S/C11H10BrFN2/c12-11-10(14-7-15-11)5-4-8-2-1-3-9(13)6-8/h1-3,6-7H,4-5H2,(H,14,15). The van der Waals surface area contributed by atoms with Gasteiger partial charge >= 0.3 is 0 Å². The Balaban J connectivity index is 2.02. The molecule has 1 aromatic heterocycles. The summed E-state index contributed by atoms with van der Waals surface area (Å²) < 4.78 is 13.7. The van der Waals surface area contributed by atoms with Gasteiger partial charge in [-0.2, -0.15) is 0 Å². The van der Waals surface area contributed by atoms with Crippen LogP contribution in [0.5, 0.6) is 0 Å². The Hall–Kier alpha value is -1.16. The topological polar surface area (TPSA) is 28.7 Å². The van der Waals surface area contributed by atoms with Crippen molar-refractivity contribution >= 4 is 15.9 Å². The largest absolute Gasteiger partial charge is 0.348 e. The van der Waals surface area contributed by atoms with Crippen molar-refractivity contribution in [1.82, 2.24) is 9.97 Å². The van der Waals surface area contributed by atoms with E-state index in [1.807, 2.05) is 6.07 Å². The van der Waals surface area contributed by atoms with Gasteiger partial charge in [-0.3, -0.25) is 0 Å². The Morgan fingerprint density at radius 2 is 2.20 bits per heavy atom. The molecule has 0 saturated heterocycles. The molecule has 78 valence electrons. The number of nitrogens with one attached hydrogen (secondary N) is 1. The highest BCUT2D eigenvalue weighted by Gasteiger charge is 2.02. The van der Waals surface area contributed by atoms with Gasteiger partial charge in [0.15, 0.2) is 0 Å². The Kier molecular flexibility index (Phi) is 3.16. The van der Waals surface area contributed by atoms with Crippen LogP contribution in [0.4, 0.5) is 4.39 Å². The van der Waals surface area contributed by atoms with Crippen molar-refractivity contribution in [3.63, 3.8) is 0 Å². The second-order valence-electron chi connectivity index (χ2n) is 3.30. The third-order valence-corrected chi connectivity index (χ3v) is 2.90. The Morgan fingerprint density at radius 3 is 2.87 bits per heavy atom. The lowest BCUT2D eigenvalue weighted by atomic mass is 10.1. The third-order valence-electron chi connectivity index (χ3n) is 2.22. The van der Waals surface area contributed by atoms with Crippen LogP contribution in [0.2, 0.25) is 0 Å². The van der Waals surface area contributed by atoms with Gasteiger partial charge in [0.2, 0.25) is 0 Å². The maximum Gasteiger partial charge on any atom is 0.127 e. The van der Waals surface area contributed by atoms with E-state index in [0.717, 1.165) is 28.7 Å². The highest BCUT2D eigenvalue weighted by Crippen LogP contribution is 2.14. The minimum Gasteiger partial charge on any atom is -0.348 e. The normalized spacial score (nSPS) is 10.5. The van der Waals surface area contributed by atoms with Crippen LogP contribution < -0.4 is 0 Å². The molecule has 1 heterocycles. The molecule has 0 aliphatic rings. The van der Waals surface area contributed by atoms with Gasteiger partial charge in [0.1, 0.15) is 10.4 Å². The van der Waals surface area contributed by atoms with E-state index in [-0.39, 0.29) is 5.82 Å². The van der Waals surface area contributed by atoms with Crippen molar-refractivity contribution in [2.75, 3.05) is 0 Å². The Labute approximate surface area is 95.7 Å². The molecule has 15 heavy (non-hydrogen) atoms. The molecule has 2 aromatic rings. The van der Waals surface area contributed by atoms with Crippen molar-refractivity contribution in [2.45, 2.75) is 12.8 Å². The van der Waals surface area contributed by atoms with E-state index in [4.69, 9.17) is 0 Å². The molecule has 2 nitrogen and oxygen atoms in total. The average Bonchev–Trinajstić information content (AvgIpc) is 2.61. The van der Waals surface area contributed by atoms with Crippen LogP contribution in [0, 0.1) is 5.82 Å². The summed E-state index contributed by atoms with van der Waals surface area (Å²) in [6.07, 6.45) is 3.27. The third kappa shape index (κ3) is 2.65. The molecule has 0 radical (unpaired) electrons. The number of halogens is 2. The Morgan fingerprint density at radius 1 is 1.33 bits per heavy atom. The lowest BCUT2D eigenvalue weighted by molar-refractivity contribution is 0.625. The van der Waals surface area contributed by atoms with E-state index in [1.165, 1.54) is 6.07 Å².